The van der Waals surface area contributed by atoms with Crippen molar-refractivity contribution >= 4 is 23.3 Å². The smallest absolute Gasteiger partial charge is 0.318 e. The normalized spacial score (nSPS) is 10.1. The zero-order valence-corrected chi connectivity index (χ0v) is 11.6. The monoisotopic (exact) mass is 263 g/mol. The molecule has 5 nitrogen and oxygen atoms in total. The molecule has 0 aliphatic rings. The van der Waals surface area contributed by atoms with Crippen molar-refractivity contribution in [3.8, 4) is 0 Å². The Balaban J connectivity index is 2.56. The second-order valence-corrected chi connectivity index (χ2v) is 4.77. The van der Waals surface area contributed by atoms with Crippen LogP contribution in [0.3, 0.4) is 0 Å². The SMILES string of the molecule is CNC(=O)Nc1cccc(NC(=O)CCC(C)C)c1. The van der Waals surface area contributed by atoms with E-state index in [0.717, 1.165) is 6.42 Å². The molecule has 104 valence electrons. The molecule has 0 atom stereocenters. The standard InChI is InChI=1S/C14H21N3O2/c1-10(2)7-8-13(18)16-11-5-4-6-12(9-11)17-14(19)15-3/h4-6,9-10H,7-8H2,1-3H3,(H,16,18)(H2,15,17,19). The second kappa shape index (κ2) is 7.41. The third-order valence-electron chi connectivity index (χ3n) is 2.58. The molecule has 0 spiro atoms. The van der Waals surface area contributed by atoms with Crippen molar-refractivity contribution in [3.63, 3.8) is 0 Å². The fraction of sp³-hybridized carbons (Fsp3) is 0.429. The van der Waals surface area contributed by atoms with E-state index in [4.69, 9.17) is 0 Å². The van der Waals surface area contributed by atoms with Crippen LogP contribution in [0.4, 0.5) is 16.2 Å². The summed E-state index contributed by atoms with van der Waals surface area (Å²) in [5.41, 5.74) is 1.32. The van der Waals surface area contributed by atoms with Gasteiger partial charge in [0.15, 0.2) is 0 Å². The Kier molecular flexibility index (Phi) is 5.85. The molecule has 3 amide bonds. The lowest BCUT2D eigenvalue weighted by Crippen LogP contribution is -2.24. The van der Waals surface area contributed by atoms with Gasteiger partial charge in [0, 0.05) is 24.8 Å². The molecular weight excluding hydrogens is 242 g/mol. The van der Waals surface area contributed by atoms with Gasteiger partial charge < -0.3 is 16.0 Å². The van der Waals surface area contributed by atoms with Gasteiger partial charge in [-0.25, -0.2) is 4.79 Å². The van der Waals surface area contributed by atoms with Crippen LogP contribution in [0, 0.1) is 5.92 Å². The summed E-state index contributed by atoms with van der Waals surface area (Å²) in [5.74, 6) is 0.498. The first-order valence-electron chi connectivity index (χ1n) is 6.40. The summed E-state index contributed by atoms with van der Waals surface area (Å²) in [7, 11) is 1.55. The maximum Gasteiger partial charge on any atom is 0.318 e. The van der Waals surface area contributed by atoms with Crippen molar-refractivity contribution in [2.45, 2.75) is 26.7 Å². The van der Waals surface area contributed by atoms with Gasteiger partial charge in [-0.3, -0.25) is 4.79 Å². The Morgan fingerprint density at radius 3 is 2.37 bits per heavy atom. The van der Waals surface area contributed by atoms with Gasteiger partial charge in [-0.2, -0.15) is 0 Å². The highest BCUT2D eigenvalue weighted by Crippen LogP contribution is 2.15. The molecule has 0 fully saturated rings. The minimum absolute atomic E-state index is 0.00852. The van der Waals surface area contributed by atoms with Gasteiger partial charge in [0.2, 0.25) is 5.91 Å². The van der Waals surface area contributed by atoms with Crippen LogP contribution in [0.15, 0.2) is 24.3 Å². The third kappa shape index (κ3) is 5.90. The van der Waals surface area contributed by atoms with E-state index >= 15 is 0 Å². The molecule has 0 heterocycles. The Hall–Kier alpha value is -2.04. The van der Waals surface area contributed by atoms with Crippen LogP contribution in [-0.4, -0.2) is 19.0 Å². The number of urea groups is 1. The van der Waals surface area contributed by atoms with Gasteiger partial charge in [-0.1, -0.05) is 19.9 Å². The lowest BCUT2D eigenvalue weighted by atomic mass is 10.1. The molecule has 1 rings (SSSR count). The summed E-state index contributed by atoms with van der Waals surface area (Å²) in [6, 6.07) is 6.77. The van der Waals surface area contributed by atoms with E-state index in [9.17, 15) is 9.59 Å². The quantitative estimate of drug-likeness (QED) is 0.764. The minimum Gasteiger partial charge on any atom is -0.341 e. The van der Waals surface area contributed by atoms with Gasteiger partial charge in [0.1, 0.15) is 0 Å². The molecule has 0 radical (unpaired) electrons. The predicted octanol–water partition coefficient (Wildman–Crippen LogP) is 2.81. The van der Waals surface area contributed by atoms with Crippen LogP contribution in [0.25, 0.3) is 0 Å². The summed E-state index contributed by atoms with van der Waals surface area (Å²) in [4.78, 5) is 22.9. The van der Waals surface area contributed by atoms with Crippen LogP contribution in [0.5, 0.6) is 0 Å². The van der Waals surface area contributed by atoms with Gasteiger partial charge in [-0.05, 0) is 30.5 Å². The molecule has 19 heavy (non-hydrogen) atoms. The minimum atomic E-state index is -0.289. The summed E-state index contributed by atoms with van der Waals surface area (Å²) < 4.78 is 0. The average Bonchev–Trinajstić information content (AvgIpc) is 2.36. The van der Waals surface area contributed by atoms with E-state index in [-0.39, 0.29) is 11.9 Å². The number of benzene rings is 1. The van der Waals surface area contributed by atoms with E-state index in [1.807, 2.05) is 0 Å². The lowest BCUT2D eigenvalue weighted by Gasteiger charge is -2.09. The van der Waals surface area contributed by atoms with Crippen molar-refractivity contribution < 1.29 is 9.59 Å². The largest absolute Gasteiger partial charge is 0.341 e. The fourth-order valence-electron chi connectivity index (χ4n) is 1.51. The predicted molar refractivity (Wildman–Crippen MR) is 77.2 cm³/mol. The van der Waals surface area contributed by atoms with E-state index < -0.39 is 0 Å². The van der Waals surface area contributed by atoms with Crippen molar-refractivity contribution in [2.24, 2.45) is 5.92 Å². The topological polar surface area (TPSA) is 70.2 Å². The summed E-state index contributed by atoms with van der Waals surface area (Å²) in [6.07, 6.45) is 1.37. The molecule has 1 aromatic carbocycles. The molecule has 0 aliphatic heterocycles. The van der Waals surface area contributed by atoms with Crippen LogP contribution in [0.2, 0.25) is 0 Å². The van der Waals surface area contributed by atoms with Gasteiger partial charge >= 0.3 is 6.03 Å². The number of rotatable bonds is 5. The molecule has 1 aromatic rings. The van der Waals surface area contributed by atoms with Crippen molar-refractivity contribution in [2.75, 3.05) is 17.7 Å². The first-order chi connectivity index (χ1) is 9.01. The lowest BCUT2D eigenvalue weighted by molar-refractivity contribution is -0.116. The fourth-order valence-corrected chi connectivity index (χ4v) is 1.51. The van der Waals surface area contributed by atoms with Crippen molar-refractivity contribution in [1.29, 1.82) is 0 Å². The van der Waals surface area contributed by atoms with Crippen LogP contribution >= 0.6 is 0 Å². The van der Waals surface area contributed by atoms with Crippen LogP contribution in [-0.2, 0) is 4.79 Å². The second-order valence-electron chi connectivity index (χ2n) is 4.77. The number of carbonyl (C=O) groups is 2. The molecule has 0 aliphatic carbocycles. The van der Waals surface area contributed by atoms with E-state index in [1.54, 1.807) is 31.3 Å². The Morgan fingerprint density at radius 2 is 1.79 bits per heavy atom. The Labute approximate surface area is 113 Å². The van der Waals surface area contributed by atoms with E-state index in [2.05, 4.69) is 29.8 Å². The zero-order valence-electron chi connectivity index (χ0n) is 11.6. The maximum atomic E-state index is 11.7. The van der Waals surface area contributed by atoms with Crippen LogP contribution < -0.4 is 16.0 Å². The third-order valence-corrected chi connectivity index (χ3v) is 2.58. The average molecular weight is 263 g/mol. The summed E-state index contributed by atoms with van der Waals surface area (Å²) in [6.45, 7) is 4.17. The Morgan fingerprint density at radius 1 is 1.16 bits per heavy atom. The zero-order chi connectivity index (χ0) is 14.3. The maximum absolute atomic E-state index is 11.7. The first kappa shape index (κ1) is 15.0. The van der Waals surface area contributed by atoms with E-state index in [0.29, 0.717) is 23.7 Å². The highest BCUT2D eigenvalue weighted by atomic mass is 16.2. The molecule has 0 bridgehead atoms. The van der Waals surface area contributed by atoms with Gasteiger partial charge in [0.25, 0.3) is 0 Å². The number of nitrogens with one attached hydrogen (secondary N) is 3. The van der Waals surface area contributed by atoms with Gasteiger partial charge in [0.05, 0.1) is 0 Å². The molecule has 0 saturated heterocycles. The highest BCUT2D eigenvalue weighted by molar-refractivity contribution is 5.93. The van der Waals surface area contributed by atoms with Crippen molar-refractivity contribution in [1.82, 2.24) is 5.32 Å². The summed E-state index contributed by atoms with van der Waals surface area (Å²) in [5, 5.41) is 7.94. The number of carbonyl (C=O) groups excluding carboxylic acids is 2. The first-order valence-corrected chi connectivity index (χ1v) is 6.40. The van der Waals surface area contributed by atoms with E-state index in [1.165, 1.54) is 0 Å². The molecule has 0 saturated carbocycles. The van der Waals surface area contributed by atoms with Crippen LogP contribution in [0.1, 0.15) is 26.7 Å². The molecule has 0 aromatic heterocycles. The van der Waals surface area contributed by atoms with Gasteiger partial charge in [-0.15, -0.1) is 0 Å². The number of hydrogen-bond acceptors (Lipinski definition) is 2. The molecule has 0 unspecified atom stereocenters. The number of anilines is 2. The molecular formula is C14H21N3O2. The number of amides is 3. The molecule has 3 N–H and O–H groups in total. The Bertz CT molecular complexity index is 444. The molecule has 5 heteroatoms. The number of hydrogen-bond donors (Lipinski definition) is 3. The van der Waals surface area contributed by atoms with Crippen molar-refractivity contribution in [3.05, 3.63) is 24.3 Å². The highest BCUT2D eigenvalue weighted by Gasteiger charge is 2.05. The summed E-state index contributed by atoms with van der Waals surface area (Å²) >= 11 is 0.